The van der Waals surface area contributed by atoms with Gasteiger partial charge < -0.3 is 9.80 Å². The number of halogens is 3. The first-order valence-electron chi connectivity index (χ1n) is 7.60. The lowest BCUT2D eigenvalue weighted by molar-refractivity contribution is -0.137. The Bertz CT molecular complexity index is 906. The van der Waals surface area contributed by atoms with E-state index in [1.54, 1.807) is 11.8 Å². The minimum Gasteiger partial charge on any atom is -0.367 e. The number of benzene rings is 1. The zero-order valence-electron chi connectivity index (χ0n) is 13.7. The number of nitrogens with zero attached hydrogens (tertiary/aromatic N) is 4. The fourth-order valence-electron chi connectivity index (χ4n) is 2.75. The van der Waals surface area contributed by atoms with Gasteiger partial charge in [0.05, 0.1) is 10.5 Å². The maximum absolute atomic E-state index is 13.4. The van der Waals surface area contributed by atoms with Crippen LogP contribution < -0.4 is 14.9 Å². The third-order valence-corrected chi connectivity index (χ3v) is 5.79. The van der Waals surface area contributed by atoms with Gasteiger partial charge in [0, 0.05) is 43.4 Å². The summed E-state index contributed by atoms with van der Waals surface area (Å²) in [4.78, 5) is 7.27. The molecule has 3 rings (SSSR count). The van der Waals surface area contributed by atoms with Crippen LogP contribution in [0, 0.1) is 6.92 Å². The summed E-state index contributed by atoms with van der Waals surface area (Å²) in [5, 5.41) is 5.69. The molecule has 2 aromatic rings. The lowest BCUT2D eigenvalue weighted by Crippen LogP contribution is -2.47. The second-order valence-electron chi connectivity index (χ2n) is 5.82. The van der Waals surface area contributed by atoms with E-state index in [-0.39, 0.29) is 5.69 Å². The highest BCUT2D eigenvalue weighted by molar-refractivity contribution is 7.89. The van der Waals surface area contributed by atoms with Crippen molar-refractivity contribution in [1.29, 1.82) is 0 Å². The molecule has 0 amide bonds. The molecule has 1 saturated heterocycles. The van der Waals surface area contributed by atoms with Crippen LogP contribution in [0.1, 0.15) is 11.4 Å². The topological polar surface area (TPSA) is 92.4 Å². The quantitative estimate of drug-likeness (QED) is 0.835. The second kappa shape index (κ2) is 6.67. The predicted molar refractivity (Wildman–Crippen MR) is 91.9 cm³/mol. The highest BCUT2D eigenvalue weighted by Crippen LogP contribution is 2.38. The van der Waals surface area contributed by atoms with E-state index in [2.05, 4.69) is 9.36 Å². The summed E-state index contributed by atoms with van der Waals surface area (Å²) in [5.74, 6) is 0.658. The van der Waals surface area contributed by atoms with E-state index >= 15 is 0 Å². The van der Waals surface area contributed by atoms with Gasteiger partial charge in [0.15, 0.2) is 0 Å². The van der Waals surface area contributed by atoms with Gasteiger partial charge in [-0.05, 0) is 25.1 Å². The van der Waals surface area contributed by atoms with E-state index in [0.29, 0.717) is 38.1 Å². The number of rotatable bonds is 3. The summed E-state index contributed by atoms with van der Waals surface area (Å²) < 4.78 is 67.1. The van der Waals surface area contributed by atoms with Gasteiger partial charge in [-0.1, -0.05) is 0 Å². The number of anilines is 2. The molecule has 0 atom stereocenters. The minimum absolute atomic E-state index is 0.0574. The number of alkyl halides is 3. The zero-order valence-corrected chi connectivity index (χ0v) is 15.3. The van der Waals surface area contributed by atoms with Gasteiger partial charge >= 0.3 is 6.18 Å². The van der Waals surface area contributed by atoms with Crippen molar-refractivity contribution < 1.29 is 21.6 Å². The fourth-order valence-corrected chi connectivity index (χ4v) is 4.01. The number of primary sulfonamides is 1. The molecule has 1 aliphatic rings. The molecule has 0 spiro atoms. The average Bonchev–Trinajstić information content (AvgIpc) is 2.99. The Morgan fingerprint density at radius 3 is 2.27 bits per heavy atom. The predicted octanol–water partition coefficient (Wildman–Crippen LogP) is 1.84. The van der Waals surface area contributed by atoms with E-state index in [0.717, 1.165) is 17.3 Å². The number of nitrogens with two attached hydrogens (primary N) is 1. The summed E-state index contributed by atoms with van der Waals surface area (Å²) in [5.41, 5.74) is -1.07. The lowest BCUT2D eigenvalue weighted by atomic mass is 10.1. The maximum Gasteiger partial charge on any atom is 0.418 e. The van der Waals surface area contributed by atoms with Crippen molar-refractivity contribution in [2.75, 3.05) is 36.0 Å². The molecule has 0 bridgehead atoms. The second-order valence-corrected chi connectivity index (χ2v) is 8.11. The van der Waals surface area contributed by atoms with E-state index in [1.165, 1.54) is 11.5 Å². The van der Waals surface area contributed by atoms with E-state index < -0.39 is 26.7 Å². The normalized spacial score (nSPS) is 16.2. The lowest BCUT2D eigenvalue weighted by Gasteiger charge is -2.37. The molecule has 0 radical (unpaired) electrons. The van der Waals surface area contributed by atoms with Crippen molar-refractivity contribution in [3.05, 3.63) is 29.6 Å². The molecule has 26 heavy (non-hydrogen) atoms. The first kappa shape index (κ1) is 18.9. The molecule has 7 nitrogen and oxygen atoms in total. The van der Waals surface area contributed by atoms with Crippen LogP contribution in [0.4, 0.5) is 24.0 Å². The van der Waals surface area contributed by atoms with Crippen molar-refractivity contribution in [3.63, 3.8) is 0 Å². The molecule has 1 aromatic heterocycles. The molecule has 1 aromatic carbocycles. The van der Waals surface area contributed by atoms with E-state index in [1.807, 2.05) is 4.90 Å². The Morgan fingerprint density at radius 2 is 1.77 bits per heavy atom. The van der Waals surface area contributed by atoms with E-state index in [9.17, 15) is 21.6 Å². The number of hydrogen-bond donors (Lipinski definition) is 1. The van der Waals surface area contributed by atoms with Crippen LogP contribution in [-0.4, -0.2) is 44.0 Å². The van der Waals surface area contributed by atoms with Crippen LogP contribution in [-0.2, 0) is 16.2 Å². The van der Waals surface area contributed by atoms with Gasteiger partial charge in [0.25, 0.3) is 0 Å². The third-order valence-electron chi connectivity index (χ3n) is 4.01. The first-order chi connectivity index (χ1) is 12.1. The maximum atomic E-state index is 13.4. The molecule has 0 unspecified atom stereocenters. The summed E-state index contributed by atoms with van der Waals surface area (Å²) in [7, 11) is -4.22. The van der Waals surface area contributed by atoms with Crippen LogP contribution in [0.2, 0.25) is 0 Å². The van der Waals surface area contributed by atoms with Crippen LogP contribution in [0.15, 0.2) is 23.1 Å². The molecule has 2 heterocycles. The van der Waals surface area contributed by atoms with Crippen molar-refractivity contribution >= 4 is 32.4 Å². The Morgan fingerprint density at radius 1 is 1.15 bits per heavy atom. The highest BCUT2D eigenvalue weighted by Gasteiger charge is 2.36. The smallest absolute Gasteiger partial charge is 0.367 e. The minimum atomic E-state index is -4.69. The highest BCUT2D eigenvalue weighted by atomic mass is 32.2. The first-order valence-corrected chi connectivity index (χ1v) is 9.92. The van der Waals surface area contributed by atoms with Crippen molar-refractivity contribution in [1.82, 2.24) is 9.36 Å². The number of aryl methyl sites for hydroxylation is 1. The molecule has 12 heteroatoms. The number of aromatic nitrogens is 2. The molecule has 2 N–H and O–H groups in total. The third kappa shape index (κ3) is 3.91. The van der Waals surface area contributed by atoms with Gasteiger partial charge in [-0.2, -0.15) is 17.5 Å². The van der Waals surface area contributed by atoms with Gasteiger partial charge in [0.1, 0.15) is 5.82 Å². The standard InChI is InChI=1S/C14H16F3N5O2S2/c1-9-19-13(25-20-9)22-6-4-21(5-7-22)12-3-2-10(26(18,23)24)8-11(12)14(15,16)17/h2-3,8H,4-7H2,1H3,(H2,18,23,24). The zero-order chi connectivity index (χ0) is 19.1. The van der Waals surface area contributed by atoms with E-state index in [4.69, 9.17) is 5.14 Å². The van der Waals surface area contributed by atoms with Gasteiger partial charge in [-0.15, -0.1) is 0 Å². The average molecular weight is 407 g/mol. The summed E-state index contributed by atoms with van der Waals surface area (Å²) in [6.45, 7) is 3.44. The fraction of sp³-hybridized carbons (Fsp3) is 0.429. The Labute approximate surface area is 152 Å². The van der Waals surface area contributed by atoms with Gasteiger partial charge in [-0.25, -0.2) is 18.5 Å². The summed E-state index contributed by atoms with van der Waals surface area (Å²) in [6.07, 6.45) is -4.69. The molecule has 142 valence electrons. The van der Waals surface area contributed by atoms with Crippen LogP contribution in [0.25, 0.3) is 0 Å². The number of sulfonamides is 1. The molecule has 0 saturated carbocycles. The molecular weight excluding hydrogens is 391 g/mol. The number of hydrogen-bond acceptors (Lipinski definition) is 7. The monoisotopic (exact) mass is 407 g/mol. The Hall–Kier alpha value is -1.92. The van der Waals surface area contributed by atoms with Crippen molar-refractivity contribution in [2.24, 2.45) is 5.14 Å². The summed E-state index contributed by atoms with van der Waals surface area (Å²) in [6, 6.07) is 2.85. The molecule has 0 aliphatic carbocycles. The molecule has 1 aliphatic heterocycles. The van der Waals surface area contributed by atoms with Crippen LogP contribution in [0.3, 0.4) is 0 Å². The Kier molecular flexibility index (Phi) is 4.84. The van der Waals surface area contributed by atoms with Crippen molar-refractivity contribution in [3.8, 4) is 0 Å². The SMILES string of the molecule is Cc1nsc(N2CCN(c3ccc(S(N)(=O)=O)cc3C(F)(F)F)CC2)n1. The largest absolute Gasteiger partial charge is 0.418 e. The molecular formula is C14H16F3N5O2S2. The van der Waals surface area contributed by atoms with Gasteiger partial charge in [-0.3, -0.25) is 0 Å². The summed E-state index contributed by atoms with van der Waals surface area (Å²) >= 11 is 1.25. The Balaban J connectivity index is 1.85. The van der Waals surface area contributed by atoms with Crippen molar-refractivity contribution in [2.45, 2.75) is 18.0 Å². The van der Waals surface area contributed by atoms with Crippen LogP contribution >= 0.6 is 11.5 Å². The number of piperazine rings is 1. The molecule has 1 fully saturated rings. The van der Waals surface area contributed by atoms with Crippen LogP contribution in [0.5, 0.6) is 0 Å². The van der Waals surface area contributed by atoms with Gasteiger partial charge in [0.2, 0.25) is 15.2 Å².